The number of hydrogen-bond donors (Lipinski definition) is 1. The SMILES string of the molecule is CN(CC(=O)N1CCC(N)CC1)C1=NS(=O)(=O)c2ccccc21. The summed E-state index contributed by atoms with van der Waals surface area (Å²) in [6.07, 6.45) is 1.60. The normalized spacial score (nSPS) is 20.1. The van der Waals surface area contributed by atoms with Gasteiger partial charge >= 0.3 is 0 Å². The Morgan fingerprint density at radius 1 is 1.35 bits per heavy atom. The van der Waals surface area contributed by atoms with Crippen molar-refractivity contribution in [1.82, 2.24) is 9.80 Å². The van der Waals surface area contributed by atoms with Crippen LogP contribution >= 0.6 is 0 Å². The smallest absolute Gasteiger partial charge is 0.285 e. The Hall–Kier alpha value is -1.93. The zero-order chi connectivity index (χ0) is 16.6. The Kier molecular flexibility index (Phi) is 4.11. The van der Waals surface area contributed by atoms with Gasteiger partial charge in [-0.2, -0.15) is 8.42 Å². The van der Waals surface area contributed by atoms with E-state index in [0.717, 1.165) is 12.8 Å². The second-order valence-corrected chi connectivity index (χ2v) is 7.53. The molecule has 3 rings (SSSR count). The zero-order valence-corrected chi connectivity index (χ0v) is 13.8. The van der Waals surface area contributed by atoms with Gasteiger partial charge in [-0.1, -0.05) is 12.1 Å². The summed E-state index contributed by atoms with van der Waals surface area (Å²) in [5, 5.41) is 0. The third kappa shape index (κ3) is 3.09. The lowest BCUT2D eigenvalue weighted by atomic mass is 10.1. The zero-order valence-electron chi connectivity index (χ0n) is 13.0. The first kappa shape index (κ1) is 15.9. The Morgan fingerprint density at radius 3 is 2.70 bits per heavy atom. The molecule has 124 valence electrons. The Bertz CT molecular complexity index is 752. The van der Waals surface area contributed by atoms with Crippen LogP contribution in [-0.2, 0) is 14.8 Å². The lowest BCUT2D eigenvalue weighted by Gasteiger charge is -2.31. The number of carbonyl (C=O) groups excluding carboxylic acids is 1. The van der Waals surface area contributed by atoms with E-state index in [4.69, 9.17) is 5.73 Å². The fraction of sp³-hybridized carbons (Fsp3) is 0.467. The molecule has 2 aliphatic rings. The van der Waals surface area contributed by atoms with Crippen LogP contribution in [0.2, 0.25) is 0 Å². The second kappa shape index (κ2) is 5.93. The lowest BCUT2D eigenvalue weighted by Crippen LogP contribution is -2.47. The molecule has 1 aromatic rings. The van der Waals surface area contributed by atoms with Crippen LogP contribution in [0.3, 0.4) is 0 Å². The van der Waals surface area contributed by atoms with Crippen molar-refractivity contribution in [3.05, 3.63) is 29.8 Å². The van der Waals surface area contributed by atoms with Crippen LogP contribution in [0.15, 0.2) is 33.6 Å². The fourth-order valence-corrected chi connectivity index (χ4v) is 4.14. The molecular formula is C15H20N4O3S. The Morgan fingerprint density at radius 2 is 2.00 bits per heavy atom. The van der Waals surface area contributed by atoms with Gasteiger partial charge in [0.25, 0.3) is 10.0 Å². The Labute approximate surface area is 135 Å². The van der Waals surface area contributed by atoms with Crippen molar-refractivity contribution < 1.29 is 13.2 Å². The second-order valence-electron chi connectivity index (χ2n) is 5.96. The van der Waals surface area contributed by atoms with E-state index in [1.165, 1.54) is 6.07 Å². The van der Waals surface area contributed by atoms with Gasteiger partial charge in [0.15, 0.2) is 5.84 Å². The molecule has 0 aliphatic carbocycles. The van der Waals surface area contributed by atoms with Gasteiger partial charge in [-0.3, -0.25) is 4.79 Å². The number of benzene rings is 1. The number of likely N-dealkylation sites (tertiary alicyclic amines) is 1. The molecule has 2 aliphatic heterocycles. The quantitative estimate of drug-likeness (QED) is 0.821. The van der Waals surface area contributed by atoms with Crippen LogP contribution in [0.25, 0.3) is 0 Å². The summed E-state index contributed by atoms with van der Waals surface area (Å²) in [6.45, 7) is 1.39. The topological polar surface area (TPSA) is 96.1 Å². The maximum atomic E-state index is 12.4. The summed E-state index contributed by atoms with van der Waals surface area (Å²) < 4.78 is 28.0. The van der Waals surface area contributed by atoms with Crippen molar-refractivity contribution in [3.8, 4) is 0 Å². The van der Waals surface area contributed by atoms with Crippen LogP contribution in [0.4, 0.5) is 0 Å². The third-order valence-electron chi connectivity index (χ3n) is 4.24. The standard InChI is InChI=1S/C15H20N4O3S/c1-18(10-14(20)19-8-6-11(16)7-9-19)15-12-4-2-3-5-13(12)23(21,22)17-15/h2-5,11H,6-10,16H2,1H3. The molecule has 1 aromatic carbocycles. The van der Waals surface area contributed by atoms with Gasteiger partial charge in [-0.15, -0.1) is 4.40 Å². The minimum absolute atomic E-state index is 0.0381. The summed E-state index contributed by atoms with van der Waals surface area (Å²) in [4.78, 5) is 15.9. The lowest BCUT2D eigenvalue weighted by molar-refractivity contribution is -0.132. The molecule has 1 fully saturated rings. The molecular weight excluding hydrogens is 316 g/mol. The van der Waals surface area contributed by atoms with Gasteiger partial charge in [0.05, 0.1) is 6.54 Å². The molecule has 0 radical (unpaired) electrons. The van der Waals surface area contributed by atoms with Crippen molar-refractivity contribution in [2.45, 2.75) is 23.8 Å². The van der Waals surface area contributed by atoms with Gasteiger partial charge in [-0.05, 0) is 25.0 Å². The van der Waals surface area contributed by atoms with E-state index >= 15 is 0 Å². The Balaban J connectivity index is 1.74. The van der Waals surface area contributed by atoms with Crippen LogP contribution in [0, 0.1) is 0 Å². The first-order valence-electron chi connectivity index (χ1n) is 7.57. The molecule has 0 bridgehead atoms. The van der Waals surface area contributed by atoms with E-state index in [2.05, 4.69) is 4.40 Å². The largest absolute Gasteiger partial charge is 0.349 e. The van der Waals surface area contributed by atoms with Crippen molar-refractivity contribution in [2.24, 2.45) is 10.1 Å². The van der Waals surface area contributed by atoms with Crippen LogP contribution in [0.5, 0.6) is 0 Å². The van der Waals surface area contributed by atoms with Gasteiger partial charge in [0, 0.05) is 31.7 Å². The molecule has 0 saturated carbocycles. The van der Waals surface area contributed by atoms with Gasteiger partial charge in [0.1, 0.15) is 4.90 Å². The van der Waals surface area contributed by atoms with Crippen molar-refractivity contribution in [2.75, 3.05) is 26.7 Å². The molecule has 0 atom stereocenters. The highest BCUT2D eigenvalue weighted by molar-refractivity contribution is 7.90. The van der Waals surface area contributed by atoms with E-state index in [-0.39, 0.29) is 23.4 Å². The van der Waals surface area contributed by atoms with Crippen LogP contribution in [0.1, 0.15) is 18.4 Å². The summed E-state index contributed by atoms with van der Waals surface area (Å²) >= 11 is 0. The van der Waals surface area contributed by atoms with E-state index in [1.807, 2.05) is 0 Å². The number of amidine groups is 1. The number of fused-ring (bicyclic) bond motifs is 1. The number of carbonyl (C=O) groups is 1. The molecule has 0 spiro atoms. The maximum absolute atomic E-state index is 12.4. The molecule has 0 aromatic heterocycles. The van der Waals surface area contributed by atoms with E-state index < -0.39 is 10.0 Å². The predicted octanol–water partition coefficient (Wildman–Crippen LogP) is 0.0170. The number of sulfonamides is 1. The number of nitrogens with zero attached hydrogens (tertiary/aromatic N) is 3. The third-order valence-corrected chi connectivity index (χ3v) is 5.56. The average molecular weight is 336 g/mol. The van der Waals surface area contributed by atoms with E-state index in [1.54, 1.807) is 35.0 Å². The minimum Gasteiger partial charge on any atom is -0.349 e. The number of nitrogens with two attached hydrogens (primary N) is 1. The van der Waals surface area contributed by atoms with Crippen molar-refractivity contribution in [3.63, 3.8) is 0 Å². The first-order chi connectivity index (χ1) is 10.9. The molecule has 2 N–H and O–H groups in total. The minimum atomic E-state index is -3.66. The van der Waals surface area contributed by atoms with Crippen molar-refractivity contribution in [1.29, 1.82) is 0 Å². The fourth-order valence-electron chi connectivity index (χ4n) is 2.89. The average Bonchev–Trinajstić information content (AvgIpc) is 2.80. The molecule has 23 heavy (non-hydrogen) atoms. The summed E-state index contributed by atoms with van der Waals surface area (Å²) in [5.41, 5.74) is 6.39. The highest BCUT2D eigenvalue weighted by Crippen LogP contribution is 2.26. The van der Waals surface area contributed by atoms with E-state index in [9.17, 15) is 13.2 Å². The predicted molar refractivity (Wildman–Crippen MR) is 86.6 cm³/mol. The molecule has 7 nitrogen and oxygen atoms in total. The number of piperidine rings is 1. The molecule has 1 saturated heterocycles. The summed E-state index contributed by atoms with van der Waals surface area (Å²) in [7, 11) is -1.98. The summed E-state index contributed by atoms with van der Waals surface area (Å²) in [6, 6.07) is 6.82. The maximum Gasteiger partial charge on any atom is 0.285 e. The van der Waals surface area contributed by atoms with E-state index in [0.29, 0.717) is 24.5 Å². The summed E-state index contributed by atoms with van der Waals surface area (Å²) in [5.74, 6) is 0.284. The highest BCUT2D eigenvalue weighted by atomic mass is 32.2. The molecule has 2 heterocycles. The first-order valence-corrected chi connectivity index (χ1v) is 9.01. The number of hydrogen-bond acceptors (Lipinski definition) is 5. The number of rotatable bonds is 2. The van der Waals surface area contributed by atoms with Crippen LogP contribution in [-0.4, -0.2) is 62.7 Å². The van der Waals surface area contributed by atoms with Crippen molar-refractivity contribution >= 4 is 21.8 Å². The number of amides is 1. The van der Waals surface area contributed by atoms with Gasteiger partial charge in [0.2, 0.25) is 5.91 Å². The molecule has 1 amide bonds. The highest BCUT2D eigenvalue weighted by Gasteiger charge is 2.31. The monoisotopic (exact) mass is 336 g/mol. The van der Waals surface area contributed by atoms with Crippen LogP contribution < -0.4 is 5.73 Å². The number of likely N-dealkylation sites (N-methyl/N-ethyl adjacent to an activating group) is 1. The molecule has 0 unspecified atom stereocenters. The van der Waals surface area contributed by atoms with Gasteiger partial charge in [-0.25, -0.2) is 0 Å². The molecule has 8 heteroatoms. The van der Waals surface area contributed by atoms with Gasteiger partial charge < -0.3 is 15.5 Å².